The quantitative estimate of drug-likeness (QED) is 0.303. The van der Waals surface area contributed by atoms with Crippen LogP contribution in [0.3, 0.4) is 0 Å². The molecule has 0 bridgehead atoms. The highest BCUT2D eigenvalue weighted by atomic mass is 15.2. The first-order valence-corrected chi connectivity index (χ1v) is 11.7. The average molecular weight is 451 g/mol. The number of aryl methyl sites for hydroxylation is 2. The molecule has 4 aromatic heterocycles. The first-order valence-electron chi connectivity index (χ1n) is 11.7. The number of anilines is 2. The Morgan fingerprint density at radius 2 is 0.939 bits per heavy atom. The summed E-state index contributed by atoms with van der Waals surface area (Å²) >= 11 is 0. The van der Waals surface area contributed by atoms with Crippen molar-refractivity contribution in [3.8, 4) is 0 Å². The maximum Gasteiger partial charge on any atom is 0.165 e. The maximum atomic E-state index is 4.52. The van der Waals surface area contributed by atoms with Crippen molar-refractivity contribution < 1.29 is 0 Å². The van der Waals surface area contributed by atoms with E-state index in [1.54, 1.807) is 12.7 Å². The minimum atomic E-state index is 0.869. The Balaban J connectivity index is 1.14. The van der Waals surface area contributed by atoms with Gasteiger partial charge in [-0.15, -0.1) is 0 Å². The molecule has 0 amide bonds. The van der Waals surface area contributed by atoms with Crippen molar-refractivity contribution >= 4 is 34.0 Å². The molecule has 0 aromatic carbocycles. The van der Waals surface area contributed by atoms with Gasteiger partial charge in [0, 0.05) is 41.3 Å². The van der Waals surface area contributed by atoms with Crippen molar-refractivity contribution in [2.45, 2.75) is 58.0 Å². The molecule has 0 atom stereocenters. The first-order chi connectivity index (χ1) is 16.1. The second-order valence-electron chi connectivity index (χ2n) is 8.88. The maximum absolute atomic E-state index is 4.52. The Labute approximate surface area is 194 Å². The summed E-state index contributed by atoms with van der Waals surface area (Å²) < 4.78 is 4.29. The first kappa shape index (κ1) is 22.9. The Morgan fingerprint density at radius 3 is 1.33 bits per heavy atom. The molecule has 0 spiro atoms. The number of unbranched alkanes of at least 4 members (excludes halogenated alkanes) is 6. The summed E-state index contributed by atoms with van der Waals surface area (Å²) in [5, 5.41) is 0. The third kappa shape index (κ3) is 5.20. The van der Waals surface area contributed by atoms with Crippen LogP contribution >= 0.6 is 0 Å². The Hall–Kier alpha value is -3.30. The Kier molecular flexibility index (Phi) is 7.31. The summed E-state index contributed by atoms with van der Waals surface area (Å²) in [7, 11) is 7.92. The van der Waals surface area contributed by atoms with Gasteiger partial charge >= 0.3 is 0 Å². The van der Waals surface area contributed by atoms with Crippen molar-refractivity contribution in [1.29, 1.82) is 0 Å². The van der Waals surface area contributed by atoms with Crippen molar-refractivity contribution in [1.82, 2.24) is 39.0 Å². The van der Waals surface area contributed by atoms with Crippen LogP contribution in [0.2, 0.25) is 0 Å². The molecule has 33 heavy (non-hydrogen) atoms. The van der Waals surface area contributed by atoms with Crippen LogP contribution in [0.4, 0.5) is 11.6 Å². The molecule has 0 unspecified atom stereocenters. The van der Waals surface area contributed by atoms with Gasteiger partial charge in [-0.3, -0.25) is 0 Å². The highest BCUT2D eigenvalue weighted by Gasteiger charge is 2.12. The molecule has 4 aromatic rings. The molecule has 0 aliphatic heterocycles. The molecule has 10 heteroatoms. The molecule has 0 aliphatic rings. The van der Waals surface area contributed by atoms with Gasteiger partial charge < -0.3 is 18.9 Å². The molecular formula is C23H34N10. The van der Waals surface area contributed by atoms with Crippen LogP contribution < -0.4 is 9.80 Å². The minimum Gasteiger partial charge on any atom is -0.361 e. The lowest BCUT2D eigenvalue weighted by Crippen LogP contribution is -2.11. The summed E-state index contributed by atoms with van der Waals surface area (Å²) in [4.78, 5) is 30.5. The number of imidazole rings is 2. The van der Waals surface area contributed by atoms with E-state index in [1.165, 1.54) is 32.1 Å². The highest BCUT2D eigenvalue weighted by molar-refractivity contribution is 5.83. The van der Waals surface area contributed by atoms with Crippen molar-refractivity contribution in [3.05, 3.63) is 25.3 Å². The lowest BCUT2D eigenvalue weighted by Gasteiger charge is -2.11. The number of fused-ring (bicyclic) bond motifs is 2. The van der Waals surface area contributed by atoms with Crippen LogP contribution in [0.5, 0.6) is 0 Å². The van der Waals surface area contributed by atoms with E-state index in [0.717, 1.165) is 59.9 Å². The topological polar surface area (TPSA) is 93.7 Å². The summed E-state index contributed by atoms with van der Waals surface area (Å²) in [6.45, 7) is 1.90. The van der Waals surface area contributed by atoms with Crippen LogP contribution in [-0.4, -0.2) is 67.2 Å². The van der Waals surface area contributed by atoms with Gasteiger partial charge in [-0.1, -0.05) is 32.1 Å². The molecule has 0 aliphatic carbocycles. The van der Waals surface area contributed by atoms with Gasteiger partial charge in [-0.2, -0.15) is 0 Å². The summed E-state index contributed by atoms with van der Waals surface area (Å²) in [5.74, 6) is 1.74. The molecule has 10 nitrogen and oxygen atoms in total. The second kappa shape index (κ2) is 10.5. The van der Waals surface area contributed by atoms with Gasteiger partial charge in [-0.25, -0.2) is 29.9 Å². The monoisotopic (exact) mass is 450 g/mol. The minimum absolute atomic E-state index is 0.869. The van der Waals surface area contributed by atoms with Crippen LogP contribution in [-0.2, 0) is 13.1 Å². The molecule has 4 rings (SSSR count). The van der Waals surface area contributed by atoms with Crippen LogP contribution in [0.1, 0.15) is 44.9 Å². The fraction of sp³-hybridized carbons (Fsp3) is 0.565. The molecule has 0 fully saturated rings. The molecule has 176 valence electrons. The van der Waals surface area contributed by atoms with Gasteiger partial charge in [0.1, 0.15) is 12.7 Å². The SMILES string of the molecule is CN(C)c1ncnc2c1ncn2CCCCCCCCCn1cnc2c(N(C)C)ncnc21. The zero-order valence-electron chi connectivity index (χ0n) is 20.1. The van der Waals surface area contributed by atoms with E-state index in [4.69, 9.17) is 0 Å². The van der Waals surface area contributed by atoms with E-state index in [1.807, 2.05) is 50.6 Å². The fourth-order valence-electron chi connectivity index (χ4n) is 4.17. The van der Waals surface area contributed by atoms with E-state index < -0.39 is 0 Å². The summed E-state index contributed by atoms with van der Waals surface area (Å²) in [5.41, 5.74) is 3.59. The summed E-state index contributed by atoms with van der Waals surface area (Å²) in [6.07, 6.45) is 15.5. The van der Waals surface area contributed by atoms with Crippen LogP contribution in [0.15, 0.2) is 25.3 Å². The number of hydrogen-bond donors (Lipinski definition) is 0. The molecule has 0 saturated heterocycles. The molecule has 0 radical (unpaired) electrons. The third-order valence-electron chi connectivity index (χ3n) is 5.91. The number of aromatic nitrogens is 8. The van der Waals surface area contributed by atoms with E-state index in [2.05, 4.69) is 39.0 Å². The van der Waals surface area contributed by atoms with Gasteiger partial charge in [-0.05, 0) is 12.8 Å². The second-order valence-corrected chi connectivity index (χ2v) is 8.88. The van der Waals surface area contributed by atoms with Crippen LogP contribution in [0.25, 0.3) is 22.3 Å². The number of nitrogens with zero attached hydrogens (tertiary/aromatic N) is 10. The third-order valence-corrected chi connectivity index (χ3v) is 5.91. The van der Waals surface area contributed by atoms with Crippen molar-refractivity contribution in [2.24, 2.45) is 0 Å². The van der Waals surface area contributed by atoms with Crippen molar-refractivity contribution in [3.63, 3.8) is 0 Å². The summed E-state index contributed by atoms with van der Waals surface area (Å²) in [6, 6.07) is 0. The predicted molar refractivity (Wildman–Crippen MR) is 132 cm³/mol. The Bertz CT molecular complexity index is 1080. The van der Waals surface area contributed by atoms with Gasteiger partial charge in [0.05, 0.1) is 12.7 Å². The standard InChI is InChI=1S/C23H34N10/c1-30(2)20-18-22(26-14-24-20)32(16-28-18)12-10-8-6-5-7-9-11-13-33-17-29-19-21(31(3)4)25-15-27-23(19)33/h14-17H,5-13H2,1-4H3. The van der Waals surface area contributed by atoms with E-state index >= 15 is 0 Å². The normalized spacial score (nSPS) is 11.5. The lowest BCUT2D eigenvalue weighted by molar-refractivity contribution is 0.532. The molecular weight excluding hydrogens is 416 g/mol. The number of hydrogen-bond acceptors (Lipinski definition) is 8. The molecule has 0 N–H and O–H groups in total. The van der Waals surface area contributed by atoms with E-state index in [9.17, 15) is 0 Å². The predicted octanol–water partition coefficient (Wildman–Crippen LogP) is 3.53. The van der Waals surface area contributed by atoms with Crippen LogP contribution in [0, 0.1) is 0 Å². The fourth-order valence-corrected chi connectivity index (χ4v) is 4.17. The number of rotatable bonds is 12. The zero-order valence-corrected chi connectivity index (χ0v) is 20.1. The van der Waals surface area contributed by atoms with Gasteiger partial charge in [0.25, 0.3) is 0 Å². The van der Waals surface area contributed by atoms with E-state index in [0.29, 0.717) is 0 Å². The smallest absolute Gasteiger partial charge is 0.165 e. The largest absolute Gasteiger partial charge is 0.361 e. The van der Waals surface area contributed by atoms with Gasteiger partial charge in [0.15, 0.2) is 34.0 Å². The molecule has 0 saturated carbocycles. The Morgan fingerprint density at radius 1 is 0.545 bits per heavy atom. The highest BCUT2D eigenvalue weighted by Crippen LogP contribution is 2.21. The molecule has 4 heterocycles. The zero-order chi connectivity index (χ0) is 23.2. The lowest BCUT2D eigenvalue weighted by atomic mass is 10.1. The van der Waals surface area contributed by atoms with Gasteiger partial charge in [0.2, 0.25) is 0 Å². The van der Waals surface area contributed by atoms with Crippen molar-refractivity contribution in [2.75, 3.05) is 38.0 Å². The average Bonchev–Trinajstić information content (AvgIpc) is 3.41. The van der Waals surface area contributed by atoms with E-state index in [-0.39, 0.29) is 0 Å².